The number of hydrogen-bond acceptors (Lipinski definition) is 4. The SMILES string of the molecule is CO[C@@H]1C[C@@H](COCCC(C)=O)N(C(C)C)C1. The van der Waals surface area contributed by atoms with Gasteiger partial charge in [0.2, 0.25) is 0 Å². The summed E-state index contributed by atoms with van der Waals surface area (Å²) in [5.41, 5.74) is 0. The third-order valence-corrected chi connectivity index (χ3v) is 3.32. The lowest BCUT2D eigenvalue weighted by atomic mass is 10.2. The monoisotopic (exact) mass is 243 g/mol. The standard InChI is InChI=1S/C13H25NO3/c1-10(2)14-8-13(16-4)7-12(14)9-17-6-5-11(3)15/h10,12-13H,5-9H2,1-4H3/t12-,13+/m0/s1. The minimum atomic E-state index is 0.187. The van der Waals surface area contributed by atoms with Crippen LogP contribution >= 0.6 is 0 Å². The van der Waals surface area contributed by atoms with Gasteiger partial charge in [0.1, 0.15) is 5.78 Å². The molecule has 1 saturated heterocycles. The molecule has 1 aliphatic heterocycles. The molecule has 0 N–H and O–H groups in total. The largest absolute Gasteiger partial charge is 0.380 e. The maximum atomic E-state index is 10.8. The van der Waals surface area contributed by atoms with E-state index in [1.54, 1.807) is 14.0 Å². The molecule has 4 nitrogen and oxygen atoms in total. The number of ketones is 1. The molecule has 0 bridgehead atoms. The van der Waals surface area contributed by atoms with Crippen molar-refractivity contribution >= 4 is 5.78 Å². The molecule has 0 aromatic heterocycles. The first-order chi connectivity index (χ1) is 8.04. The molecular formula is C13H25NO3. The molecule has 100 valence electrons. The topological polar surface area (TPSA) is 38.8 Å². The molecule has 4 heteroatoms. The Morgan fingerprint density at radius 2 is 2.18 bits per heavy atom. The lowest BCUT2D eigenvalue weighted by Gasteiger charge is -2.27. The van der Waals surface area contributed by atoms with E-state index in [-0.39, 0.29) is 5.78 Å². The molecule has 0 unspecified atom stereocenters. The number of ether oxygens (including phenoxy) is 2. The van der Waals surface area contributed by atoms with Gasteiger partial charge in [0, 0.05) is 32.2 Å². The fourth-order valence-corrected chi connectivity index (χ4v) is 2.30. The van der Waals surface area contributed by atoms with Crippen LogP contribution in [0.15, 0.2) is 0 Å². The smallest absolute Gasteiger partial charge is 0.132 e. The van der Waals surface area contributed by atoms with E-state index in [1.807, 2.05) is 0 Å². The number of carbonyl (C=O) groups is 1. The van der Waals surface area contributed by atoms with Crippen LogP contribution in [-0.2, 0) is 14.3 Å². The molecule has 0 radical (unpaired) electrons. The second-order valence-corrected chi connectivity index (χ2v) is 5.06. The summed E-state index contributed by atoms with van der Waals surface area (Å²) in [5.74, 6) is 0.187. The lowest BCUT2D eigenvalue weighted by Crippen LogP contribution is -2.38. The number of Topliss-reactive ketones (excluding diaryl/α,β-unsaturated/α-hetero) is 1. The number of rotatable bonds is 7. The van der Waals surface area contributed by atoms with E-state index in [9.17, 15) is 4.79 Å². The Hall–Kier alpha value is -0.450. The Morgan fingerprint density at radius 1 is 1.47 bits per heavy atom. The normalized spacial score (nSPS) is 25.7. The highest BCUT2D eigenvalue weighted by Crippen LogP contribution is 2.22. The van der Waals surface area contributed by atoms with Crippen LogP contribution in [0.25, 0.3) is 0 Å². The van der Waals surface area contributed by atoms with Gasteiger partial charge in [0.25, 0.3) is 0 Å². The predicted molar refractivity (Wildman–Crippen MR) is 67.2 cm³/mol. The van der Waals surface area contributed by atoms with Gasteiger partial charge < -0.3 is 9.47 Å². The molecule has 0 spiro atoms. The molecule has 0 aromatic carbocycles. The third kappa shape index (κ3) is 4.74. The second kappa shape index (κ2) is 7.09. The Bertz CT molecular complexity index is 243. The van der Waals surface area contributed by atoms with Crippen LogP contribution in [0.1, 0.15) is 33.6 Å². The zero-order valence-corrected chi connectivity index (χ0v) is 11.4. The van der Waals surface area contributed by atoms with Gasteiger partial charge in [0.15, 0.2) is 0 Å². The summed E-state index contributed by atoms with van der Waals surface area (Å²) in [7, 11) is 1.77. The van der Waals surface area contributed by atoms with Gasteiger partial charge in [-0.15, -0.1) is 0 Å². The van der Waals surface area contributed by atoms with Crippen molar-refractivity contribution in [1.82, 2.24) is 4.90 Å². The Labute approximate surface area is 104 Å². The number of carbonyl (C=O) groups excluding carboxylic acids is 1. The quantitative estimate of drug-likeness (QED) is 0.635. The number of methoxy groups -OCH3 is 1. The van der Waals surface area contributed by atoms with Crippen molar-refractivity contribution in [3.63, 3.8) is 0 Å². The fourth-order valence-electron chi connectivity index (χ4n) is 2.30. The summed E-state index contributed by atoms with van der Waals surface area (Å²) in [6.45, 7) is 8.21. The van der Waals surface area contributed by atoms with Gasteiger partial charge >= 0.3 is 0 Å². The molecule has 1 fully saturated rings. The first kappa shape index (κ1) is 14.6. The fraction of sp³-hybridized carbons (Fsp3) is 0.923. The molecule has 0 amide bonds. The summed E-state index contributed by atoms with van der Waals surface area (Å²) >= 11 is 0. The van der Waals surface area contributed by atoms with Crippen molar-refractivity contribution in [2.45, 2.75) is 51.8 Å². The molecule has 1 rings (SSSR count). The zero-order valence-electron chi connectivity index (χ0n) is 11.4. The highest BCUT2D eigenvalue weighted by molar-refractivity contribution is 5.75. The molecule has 2 atom stereocenters. The van der Waals surface area contributed by atoms with Crippen molar-refractivity contribution < 1.29 is 14.3 Å². The summed E-state index contributed by atoms with van der Waals surface area (Å²) in [4.78, 5) is 13.2. The summed E-state index contributed by atoms with van der Waals surface area (Å²) in [5, 5.41) is 0. The van der Waals surface area contributed by atoms with E-state index in [0.717, 1.165) is 13.0 Å². The van der Waals surface area contributed by atoms with E-state index < -0.39 is 0 Å². The highest BCUT2D eigenvalue weighted by atomic mass is 16.5. The van der Waals surface area contributed by atoms with Crippen LogP contribution in [0.3, 0.4) is 0 Å². The minimum absolute atomic E-state index is 0.187. The van der Waals surface area contributed by atoms with E-state index >= 15 is 0 Å². The maximum Gasteiger partial charge on any atom is 0.132 e. The van der Waals surface area contributed by atoms with Crippen LogP contribution in [0.5, 0.6) is 0 Å². The highest BCUT2D eigenvalue weighted by Gasteiger charge is 2.33. The van der Waals surface area contributed by atoms with Crippen molar-refractivity contribution in [1.29, 1.82) is 0 Å². The minimum Gasteiger partial charge on any atom is -0.380 e. The second-order valence-electron chi connectivity index (χ2n) is 5.06. The number of likely N-dealkylation sites (tertiary alicyclic amines) is 1. The maximum absolute atomic E-state index is 10.8. The summed E-state index contributed by atoms with van der Waals surface area (Å²) in [6, 6.07) is 0.934. The van der Waals surface area contributed by atoms with E-state index in [2.05, 4.69) is 18.7 Å². The predicted octanol–water partition coefficient (Wildman–Crippen LogP) is 1.48. The first-order valence-corrected chi connectivity index (χ1v) is 6.40. The summed E-state index contributed by atoms with van der Waals surface area (Å²) in [6.07, 6.45) is 1.86. The molecule has 0 saturated carbocycles. The van der Waals surface area contributed by atoms with Crippen LogP contribution < -0.4 is 0 Å². The molecule has 0 aromatic rings. The Morgan fingerprint density at radius 3 is 2.71 bits per heavy atom. The van der Waals surface area contributed by atoms with Gasteiger partial charge in [0.05, 0.1) is 19.3 Å². The van der Waals surface area contributed by atoms with Gasteiger partial charge in [-0.25, -0.2) is 0 Å². The van der Waals surface area contributed by atoms with Crippen LogP contribution in [0.2, 0.25) is 0 Å². The van der Waals surface area contributed by atoms with E-state index in [0.29, 0.717) is 37.8 Å². The van der Waals surface area contributed by atoms with Crippen molar-refractivity contribution in [3.8, 4) is 0 Å². The number of nitrogens with zero attached hydrogens (tertiary/aromatic N) is 1. The lowest BCUT2D eigenvalue weighted by molar-refractivity contribution is -0.118. The Balaban J connectivity index is 2.32. The molecule has 17 heavy (non-hydrogen) atoms. The van der Waals surface area contributed by atoms with Gasteiger partial charge in [-0.05, 0) is 27.2 Å². The zero-order chi connectivity index (χ0) is 12.8. The van der Waals surface area contributed by atoms with E-state index in [1.165, 1.54) is 0 Å². The van der Waals surface area contributed by atoms with Gasteiger partial charge in [-0.3, -0.25) is 9.69 Å². The molecule has 0 aliphatic carbocycles. The number of hydrogen-bond donors (Lipinski definition) is 0. The van der Waals surface area contributed by atoms with Crippen molar-refractivity contribution in [2.24, 2.45) is 0 Å². The van der Waals surface area contributed by atoms with Gasteiger partial charge in [-0.2, -0.15) is 0 Å². The molecular weight excluding hydrogens is 218 g/mol. The average molecular weight is 243 g/mol. The van der Waals surface area contributed by atoms with Crippen molar-refractivity contribution in [3.05, 3.63) is 0 Å². The third-order valence-electron chi connectivity index (χ3n) is 3.32. The van der Waals surface area contributed by atoms with Crippen LogP contribution in [0.4, 0.5) is 0 Å². The molecule has 1 aliphatic rings. The molecule has 1 heterocycles. The van der Waals surface area contributed by atoms with Gasteiger partial charge in [-0.1, -0.05) is 0 Å². The Kier molecular flexibility index (Phi) is 6.09. The van der Waals surface area contributed by atoms with Crippen LogP contribution in [-0.4, -0.2) is 55.7 Å². The van der Waals surface area contributed by atoms with Crippen molar-refractivity contribution in [2.75, 3.05) is 26.9 Å². The first-order valence-electron chi connectivity index (χ1n) is 6.40. The summed E-state index contributed by atoms with van der Waals surface area (Å²) < 4.78 is 11.0. The van der Waals surface area contributed by atoms with E-state index in [4.69, 9.17) is 9.47 Å². The average Bonchev–Trinajstić information content (AvgIpc) is 2.67. The van der Waals surface area contributed by atoms with Crippen LogP contribution in [0, 0.1) is 0 Å².